The molecule has 0 saturated heterocycles. The van der Waals surface area contributed by atoms with Crippen LogP contribution >= 0.6 is 31.9 Å². The second-order valence-electron chi connectivity index (χ2n) is 4.52. The van der Waals surface area contributed by atoms with Crippen LogP contribution in [0.15, 0.2) is 45.3 Å². The molecule has 0 aliphatic rings. The molecule has 2 aromatic carbocycles. The van der Waals surface area contributed by atoms with Gasteiger partial charge in [-0.15, -0.1) is 0 Å². The minimum atomic E-state index is -0.181. The molecule has 5 heteroatoms. The fourth-order valence-corrected chi connectivity index (χ4v) is 3.49. The average molecular weight is 417 g/mol. The highest BCUT2D eigenvalue weighted by Crippen LogP contribution is 2.34. The highest BCUT2D eigenvalue weighted by molar-refractivity contribution is 9.11. The van der Waals surface area contributed by atoms with Gasteiger partial charge in [0.1, 0.15) is 11.6 Å². The first-order valence-electron chi connectivity index (χ1n) is 6.66. The third kappa shape index (κ3) is 4.53. The zero-order valence-electron chi connectivity index (χ0n) is 11.6. The quantitative estimate of drug-likeness (QED) is 0.712. The third-order valence-electron chi connectivity index (χ3n) is 2.95. The summed E-state index contributed by atoms with van der Waals surface area (Å²) >= 11 is 7.01. The van der Waals surface area contributed by atoms with Crippen LogP contribution in [0.3, 0.4) is 0 Å². The normalized spacial score (nSPS) is 10.7. The van der Waals surface area contributed by atoms with Crippen LogP contribution in [0.5, 0.6) is 5.75 Å². The molecule has 0 amide bonds. The lowest BCUT2D eigenvalue weighted by Crippen LogP contribution is -2.13. The number of benzene rings is 2. The van der Waals surface area contributed by atoms with Crippen molar-refractivity contribution in [3.63, 3.8) is 0 Å². The summed E-state index contributed by atoms with van der Waals surface area (Å²) in [5.74, 6) is 0.620. The summed E-state index contributed by atoms with van der Waals surface area (Å²) < 4.78 is 20.9. The molecule has 0 aromatic heterocycles. The van der Waals surface area contributed by atoms with Crippen LogP contribution in [0.25, 0.3) is 0 Å². The van der Waals surface area contributed by atoms with Gasteiger partial charge in [-0.1, -0.05) is 18.2 Å². The molecule has 112 valence electrons. The Labute approximate surface area is 141 Å². The fraction of sp³-hybridized carbons (Fsp3) is 0.250. The number of nitrogens with one attached hydrogen (secondary N) is 1. The molecule has 2 aromatic rings. The van der Waals surface area contributed by atoms with E-state index >= 15 is 0 Å². The van der Waals surface area contributed by atoms with Gasteiger partial charge in [-0.2, -0.15) is 0 Å². The van der Waals surface area contributed by atoms with Crippen molar-refractivity contribution in [2.75, 3.05) is 6.61 Å². The molecule has 0 spiro atoms. The Hall–Kier alpha value is -0.910. The van der Waals surface area contributed by atoms with E-state index in [-0.39, 0.29) is 5.82 Å². The summed E-state index contributed by atoms with van der Waals surface area (Å²) in [6.45, 7) is 3.71. The van der Waals surface area contributed by atoms with Crippen molar-refractivity contribution in [1.82, 2.24) is 5.32 Å². The van der Waals surface area contributed by atoms with Crippen molar-refractivity contribution < 1.29 is 9.13 Å². The van der Waals surface area contributed by atoms with E-state index in [1.807, 2.05) is 25.1 Å². The van der Waals surface area contributed by atoms with Crippen LogP contribution in [0.4, 0.5) is 4.39 Å². The fourth-order valence-electron chi connectivity index (χ4n) is 1.98. The average Bonchev–Trinajstić information content (AvgIpc) is 2.45. The predicted octanol–water partition coefficient (Wildman–Crippen LogP) is 5.04. The van der Waals surface area contributed by atoms with Crippen molar-refractivity contribution in [2.24, 2.45) is 0 Å². The minimum absolute atomic E-state index is 0.181. The highest BCUT2D eigenvalue weighted by atomic mass is 79.9. The molecule has 2 rings (SSSR count). The van der Waals surface area contributed by atoms with E-state index in [0.717, 1.165) is 20.3 Å². The smallest absolute Gasteiger partial charge is 0.147 e. The van der Waals surface area contributed by atoms with Gasteiger partial charge in [0.15, 0.2) is 0 Å². The van der Waals surface area contributed by atoms with E-state index in [2.05, 4.69) is 37.2 Å². The molecular weight excluding hydrogens is 401 g/mol. The van der Waals surface area contributed by atoms with Crippen molar-refractivity contribution in [3.05, 3.63) is 62.3 Å². The summed E-state index contributed by atoms with van der Waals surface area (Å²) in [6.07, 6.45) is 0. The lowest BCUT2D eigenvalue weighted by molar-refractivity contribution is 0.336. The van der Waals surface area contributed by atoms with Crippen LogP contribution in [0.1, 0.15) is 18.1 Å². The van der Waals surface area contributed by atoms with Gasteiger partial charge in [-0.25, -0.2) is 4.39 Å². The second kappa shape index (κ2) is 7.92. The largest absolute Gasteiger partial charge is 0.492 e. The standard InChI is InChI=1S/C16H16Br2FNO/c1-2-21-16-13(17)7-11(8-14(16)18)9-20-10-12-5-3-4-6-15(12)19/h3-8,20H,2,9-10H2,1H3. The summed E-state index contributed by atoms with van der Waals surface area (Å²) in [5, 5.41) is 3.24. The molecule has 0 aliphatic carbocycles. The Kier molecular flexibility index (Phi) is 6.21. The summed E-state index contributed by atoms with van der Waals surface area (Å²) in [7, 11) is 0. The van der Waals surface area contributed by atoms with Gasteiger partial charge in [0, 0.05) is 18.7 Å². The van der Waals surface area contributed by atoms with E-state index in [1.165, 1.54) is 6.07 Å². The second-order valence-corrected chi connectivity index (χ2v) is 6.23. The van der Waals surface area contributed by atoms with Crippen LogP contribution in [0, 0.1) is 5.82 Å². The molecule has 0 heterocycles. The first kappa shape index (κ1) is 16.5. The summed E-state index contributed by atoms with van der Waals surface area (Å²) in [4.78, 5) is 0. The van der Waals surface area contributed by atoms with E-state index in [9.17, 15) is 4.39 Å². The molecule has 0 bridgehead atoms. The monoisotopic (exact) mass is 415 g/mol. The highest BCUT2D eigenvalue weighted by Gasteiger charge is 2.08. The summed E-state index contributed by atoms with van der Waals surface area (Å²) in [5.41, 5.74) is 1.76. The van der Waals surface area contributed by atoms with Crippen molar-refractivity contribution in [1.29, 1.82) is 0 Å². The lowest BCUT2D eigenvalue weighted by atomic mass is 10.2. The molecule has 1 N–H and O–H groups in total. The van der Waals surface area contributed by atoms with Gasteiger partial charge < -0.3 is 10.1 Å². The third-order valence-corrected chi connectivity index (χ3v) is 4.13. The molecule has 0 radical (unpaired) electrons. The summed E-state index contributed by atoms with van der Waals surface area (Å²) in [6, 6.07) is 10.8. The van der Waals surface area contributed by atoms with Gasteiger partial charge in [-0.05, 0) is 62.5 Å². The van der Waals surface area contributed by atoms with Crippen LogP contribution < -0.4 is 10.1 Å². The molecule has 0 unspecified atom stereocenters. The molecule has 21 heavy (non-hydrogen) atoms. The minimum Gasteiger partial charge on any atom is -0.492 e. The topological polar surface area (TPSA) is 21.3 Å². The van der Waals surface area contributed by atoms with Gasteiger partial charge in [0.05, 0.1) is 15.6 Å². The molecule has 0 fully saturated rings. The van der Waals surface area contributed by atoms with Gasteiger partial charge >= 0.3 is 0 Å². The van der Waals surface area contributed by atoms with Crippen LogP contribution in [0.2, 0.25) is 0 Å². The van der Waals surface area contributed by atoms with Crippen LogP contribution in [-0.2, 0) is 13.1 Å². The number of hydrogen-bond acceptors (Lipinski definition) is 2. The predicted molar refractivity (Wildman–Crippen MR) is 90.0 cm³/mol. The van der Waals surface area contributed by atoms with Crippen molar-refractivity contribution in [3.8, 4) is 5.75 Å². The Morgan fingerprint density at radius 2 is 1.76 bits per heavy atom. The molecule has 0 saturated carbocycles. The van der Waals surface area contributed by atoms with Crippen molar-refractivity contribution >= 4 is 31.9 Å². The number of rotatable bonds is 6. The maximum atomic E-state index is 13.5. The maximum Gasteiger partial charge on any atom is 0.147 e. The lowest BCUT2D eigenvalue weighted by Gasteiger charge is -2.12. The first-order chi connectivity index (χ1) is 10.1. The maximum absolute atomic E-state index is 13.5. The van der Waals surface area contributed by atoms with E-state index in [4.69, 9.17) is 4.74 Å². The molecule has 0 aliphatic heterocycles. The van der Waals surface area contributed by atoms with Gasteiger partial charge in [0.2, 0.25) is 0 Å². The Morgan fingerprint density at radius 3 is 2.38 bits per heavy atom. The first-order valence-corrected chi connectivity index (χ1v) is 8.25. The SMILES string of the molecule is CCOc1c(Br)cc(CNCc2ccccc2F)cc1Br. The number of hydrogen-bond donors (Lipinski definition) is 1. The number of ether oxygens (including phenoxy) is 1. The van der Waals surface area contributed by atoms with Gasteiger partial charge in [-0.3, -0.25) is 0 Å². The van der Waals surface area contributed by atoms with E-state index in [1.54, 1.807) is 12.1 Å². The van der Waals surface area contributed by atoms with E-state index < -0.39 is 0 Å². The zero-order valence-corrected chi connectivity index (χ0v) is 14.8. The molecule has 2 nitrogen and oxygen atoms in total. The molecule has 0 atom stereocenters. The zero-order chi connectivity index (χ0) is 15.2. The Bertz CT molecular complexity index is 596. The van der Waals surface area contributed by atoms with Crippen molar-refractivity contribution in [2.45, 2.75) is 20.0 Å². The van der Waals surface area contributed by atoms with Gasteiger partial charge in [0.25, 0.3) is 0 Å². The van der Waals surface area contributed by atoms with Crippen LogP contribution in [-0.4, -0.2) is 6.61 Å². The molecular formula is C16H16Br2FNO. The van der Waals surface area contributed by atoms with E-state index in [0.29, 0.717) is 25.3 Å². The Morgan fingerprint density at radius 1 is 1.10 bits per heavy atom. The number of halogens is 3. The Balaban J connectivity index is 1.99.